The molecule has 0 saturated carbocycles. The molecule has 0 spiro atoms. The Bertz CT molecular complexity index is 917. The third-order valence-electron chi connectivity index (χ3n) is 4.86. The van der Waals surface area contributed by atoms with Crippen molar-refractivity contribution < 1.29 is 19.4 Å². The molecule has 2 aromatic rings. The molecular weight excluding hydrogens is 400 g/mol. The maximum Gasteiger partial charge on any atom is 0.295 e. The quantitative estimate of drug-likeness (QED) is 0.392. The molecule has 2 heterocycles. The molecular formula is C23H28N2O4S. The van der Waals surface area contributed by atoms with Crippen molar-refractivity contribution in [1.29, 1.82) is 0 Å². The van der Waals surface area contributed by atoms with Crippen LogP contribution in [0.4, 0.5) is 0 Å². The lowest BCUT2D eigenvalue weighted by atomic mass is 10.00. The maximum absolute atomic E-state index is 12.9. The van der Waals surface area contributed by atoms with Gasteiger partial charge in [0.25, 0.3) is 11.7 Å². The number of Topliss-reactive ketones (excluding diaryl/α,β-unsaturated/α-hetero) is 1. The number of benzene rings is 1. The first-order valence-corrected chi connectivity index (χ1v) is 10.9. The van der Waals surface area contributed by atoms with Crippen LogP contribution >= 0.6 is 11.3 Å². The zero-order chi connectivity index (χ0) is 21.8. The van der Waals surface area contributed by atoms with Crippen LogP contribution in [0.2, 0.25) is 0 Å². The predicted molar refractivity (Wildman–Crippen MR) is 119 cm³/mol. The van der Waals surface area contributed by atoms with Crippen LogP contribution in [-0.2, 0) is 9.59 Å². The molecule has 1 aliphatic heterocycles. The third-order valence-corrected chi connectivity index (χ3v) is 5.78. The SMILES string of the molecule is CC(C)Oc1ccc(C(O)=C2C(=O)C(=O)N(CCCN(C)C)[C@H]2c2cccs2)cc1. The molecule has 1 N–H and O–H groups in total. The Balaban J connectivity index is 1.97. The van der Waals surface area contributed by atoms with Crippen molar-refractivity contribution in [2.45, 2.75) is 32.4 Å². The van der Waals surface area contributed by atoms with E-state index in [9.17, 15) is 14.7 Å². The van der Waals surface area contributed by atoms with Gasteiger partial charge in [-0.25, -0.2) is 0 Å². The smallest absolute Gasteiger partial charge is 0.295 e. The molecule has 1 aromatic heterocycles. The number of carbonyl (C=O) groups excluding carboxylic acids is 2. The van der Waals surface area contributed by atoms with Crippen LogP contribution in [0, 0.1) is 0 Å². The second-order valence-electron chi connectivity index (χ2n) is 7.86. The highest BCUT2D eigenvalue weighted by Crippen LogP contribution is 2.41. The first kappa shape index (κ1) is 22.1. The molecule has 0 aliphatic carbocycles. The second kappa shape index (κ2) is 9.45. The van der Waals surface area contributed by atoms with Gasteiger partial charge in [0.15, 0.2) is 0 Å². The van der Waals surface area contributed by atoms with Crippen LogP contribution in [-0.4, -0.2) is 59.9 Å². The number of likely N-dealkylation sites (tertiary alicyclic amines) is 1. The summed E-state index contributed by atoms with van der Waals surface area (Å²) in [7, 11) is 3.94. The van der Waals surface area contributed by atoms with E-state index in [1.807, 2.05) is 50.4 Å². The van der Waals surface area contributed by atoms with Gasteiger partial charge in [-0.15, -0.1) is 11.3 Å². The monoisotopic (exact) mass is 428 g/mol. The summed E-state index contributed by atoms with van der Waals surface area (Å²) in [6.07, 6.45) is 0.777. The van der Waals surface area contributed by atoms with Crippen LogP contribution in [0.1, 0.15) is 36.8 Å². The minimum absolute atomic E-state index is 0.0377. The van der Waals surface area contributed by atoms with E-state index in [0.717, 1.165) is 17.8 Å². The van der Waals surface area contributed by atoms with Gasteiger partial charge in [-0.1, -0.05) is 6.07 Å². The topological polar surface area (TPSA) is 70.1 Å². The van der Waals surface area contributed by atoms with Gasteiger partial charge in [-0.3, -0.25) is 9.59 Å². The fraction of sp³-hybridized carbons (Fsp3) is 0.391. The average molecular weight is 429 g/mol. The van der Waals surface area contributed by atoms with E-state index in [-0.39, 0.29) is 17.4 Å². The molecule has 160 valence electrons. The molecule has 1 amide bonds. The highest BCUT2D eigenvalue weighted by Gasteiger charge is 2.46. The number of thiophene rings is 1. The fourth-order valence-electron chi connectivity index (χ4n) is 3.53. The molecule has 1 atom stereocenters. The summed E-state index contributed by atoms with van der Waals surface area (Å²) in [6, 6.07) is 10.1. The van der Waals surface area contributed by atoms with Gasteiger partial charge in [-0.2, -0.15) is 0 Å². The number of ether oxygens (including phenoxy) is 1. The van der Waals surface area contributed by atoms with Crippen molar-refractivity contribution in [3.63, 3.8) is 0 Å². The summed E-state index contributed by atoms with van der Waals surface area (Å²) in [5.74, 6) is -0.676. The minimum atomic E-state index is -0.640. The van der Waals surface area contributed by atoms with Gasteiger partial charge in [-0.05, 0) is 76.6 Å². The Morgan fingerprint density at radius 2 is 1.90 bits per heavy atom. The van der Waals surface area contributed by atoms with Crippen molar-refractivity contribution >= 4 is 28.8 Å². The molecule has 0 radical (unpaired) electrons. The Morgan fingerprint density at radius 3 is 2.47 bits per heavy atom. The van der Waals surface area contributed by atoms with Gasteiger partial charge in [0.1, 0.15) is 11.5 Å². The lowest BCUT2D eigenvalue weighted by Gasteiger charge is -2.24. The van der Waals surface area contributed by atoms with Crippen molar-refractivity contribution in [3.8, 4) is 5.75 Å². The van der Waals surface area contributed by atoms with Crippen molar-refractivity contribution in [2.24, 2.45) is 0 Å². The first-order valence-electron chi connectivity index (χ1n) is 10.0. The maximum atomic E-state index is 12.9. The Morgan fingerprint density at radius 1 is 1.20 bits per heavy atom. The minimum Gasteiger partial charge on any atom is -0.507 e. The number of ketones is 1. The van der Waals surface area contributed by atoms with Crippen LogP contribution in [0.5, 0.6) is 5.75 Å². The molecule has 3 rings (SSSR count). The predicted octanol–water partition coefficient (Wildman–Crippen LogP) is 3.91. The zero-order valence-electron chi connectivity index (χ0n) is 17.8. The summed E-state index contributed by atoms with van der Waals surface area (Å²) in [5, 5.41) is 12.9. The molecule has 7 heteroatoms. The Kier molecular flexibility index (Phi) is 6.95. The molecule has 6 nitrogen and oxygen atoms in total. The number of aliphatic hydroxyl groups excluding tert-OH is 1. The second-order valence-corrected chi connectivity index (χ2v) is 8.83. The molecule has 0 bridgehead atoms. The highest BCUT2D eigenvalue weighted by atomic mass is 32.1. The zero-order valence-corrected chi connectivity index (χ0v) is 18.6. The van der Waals surface area contributed by atoms with E-state index in [1.165, 1.54) is 11.3 Å². The number of carbonyl (C=O) groups is 2. The number of hydrogen-bond acceptors (Lipinski definition) is 6. The van der Waals surface area contributed by atoms with Crippen molar-refractivity contribution in [3.05, 3.63) is 57.8 Å². The van der Waals surface area contributed by atoms with E-state index in [4.69, 9.17) is 4.74 Å². The summed E-state index contributed by atoms with van der Waals surface area (Å²) in [4.78, 5) is 30.2. The van der Waals surface area contributed by atoms with Crippen LogP contribution < -0.4 is 4.74 Å². The number of nitrogens with zero attached hydrogens (tertiary/aromatic N) is 2. The standard InChI is InChI=1S/C23H28N2O4S/c1-15(2)29-17-10-8-16(9-11-17)21(26)19-20(18-7-5-14-30-18)25(23(28)22(19)27)13-6-12-24(3)4/h5,7-11,14-15,20,26H,6,12-13H2,1-4H3/t20-/m0/s1. The van der Waals surface area contributed by atoms with E-state index in [0.29, 0.717) is 17.9 Å². The third kappa shape index (κ3) is 4.74. The van der Waals surface area contributed by atoms with Gasteiger partial charge < -0.3 is 19.6 Å². The summed E-state index contributed by atoms with van der Waals surface area (Å²) >= 11 is 1.47. The van der Waals surface area contributed by atoms with Crippen LogP contribution in [0.15, 0.2) is 47.4 Å². The summed E-state index contributed by atoms with van der Waals surface area (Å²) in [5.41, 5.74) is 0.629. The fourth-order valence-corrected chi connectivity index (χ4v) is 4.38. The van der Waals surface area contributed by atoms with Gasteiger partial charge in [0, 0.05) is 17.0 Å². The average Bonchev–Trinajstić information content (AvgIpc) is 3.30. The van der Waals surface area contributed by atoms with E-state index in [1.54, 1.807) is 29.2 Å². The Labute approximate surface area is 181 Å². The number of hydrogen-bond donors (Lipinski definition) is 1. The summed E-state index contributed by atoms with van der Waals surface area (Å²) in [6.45, 7) is 5.13. The molecule has 0 unspecified atom stereocenters. The normalized spacial score (nSPS) is 18.6. The van der Waals surface area contributed by atoms with Crippen LogP contribution in [0.25, 0.3) is 5.76 Å². The highest BCUT2D eigenvalue weighted by molar-refractivity contribution is 7.10. The molecule has 1 aliphatic rings. The van der Waals surface area contributed by atoms with E-state index >= 15 is 0 Å². The van der Waals surface area contributed by atoms with Crippen molar-refractivity contribution in [1.82, 2.24) is 9.80 Å². The number of amides is 1. The summed E-state index contributed by atoms with van der Waals surface area (Å²) < 4.78 is 5.64. The molecule has 1 aromatic carbocycles. The molecule has 30 heavy (non-hydrogen) atoms. The van der Waals surface area contributed by atoms with Gasteiger partial charge >= 0.3 is 0 Å². The van der Waals surface area contributed by atoms with Gasteiger partial charge in [0.2, 0.25) is 0 Å². The van der Waals surface area contributed by atoms with Gasteiger partial charge in [0.05, 0.1) is 17.7 Å². The number of aliphatic hydroxyl groups is 1. The first-order chi connectivity index (χ1) is 14.3. The van der Waals surface area contributed by atoms with E-state index < -0.39 is 17.7 Å². The van der Waals surface area contributed by atoms with Crippen molar-refractivity contribution in [2.75, 3.05) is 27.2 Å². The Hall–Kier alpha value is -2.64. The number of rotatable bonds is 8. The molecule has 1 saturated heterocycles. The lowest BCUT2D eigenvalue weighted by Crippen LogP contribution is -2.32. The lowest BCUT2D eigenvalue weighted by molar-refractivity contribution is -0.139. The molecule has 1 fully saturated rings. The van der Waals surface area contributed by atoms with Crippen LogP contribution in [0.3, 0.4) is 0 Å². The largest absolute Gasteiger partial charge is 0.507 e. The van der Waals surface area contributed by atoms with E-state index in [2.05, 4.69) is 0 Å².